The average molecular weight is 409 g/mol. The Morgan fingerprint density at radius 2 is 1.83 bits per heavy atom. The summed E-state index contributed by atoms with van der Waals surface area (Å²) in [5.41, 5.74) is 3.12. The van der Waals surface area contributed by atoms with Crippen molar-refractivity contribution in [2.75, 3.05) is 0 Å². The minimum Gasteiger partial charge on any atom is -0.486 e. The zero-order valence-corrected chi connectivity index (χ0v) is 18.0. The average Bonchev–Trinajstić information content (AvgIpc) is 3.14. The number of aryl methyl sites for hydroxylation is 1. The van der Waals surface area contributed by atoms with Crippen LogP contribution < -0.4 is 10.1 Å². The molecule has 0 spiro atoms. The molecule has 1 unspecified atom stereocenters. The van der Waals surface area contributed by atoms with Crippen LogP contribution in [0.2, 0.25) is 0 Å². The Kier molecular flexibility index (Phi) is 7.42. The third-order valence-electron chi connectivity index (χ3n) is 4.57. The van der Waals surface area contributed by atoms with Gasteiger partial charge in [-0.2, -0.15) is 0 Å². The molecule has 1 atom stereocenters. The summed E-state index contributed by atoms with van der Waals surface area (Å²) in [4.78, 5) is 17.2. The maximum Gasteiger partial charge on any atom is 0.226 e. The van der Waals surface area contributed by atoms with Gasteiger partial charge in [0.15, 0.2) is 0 Å². The second-order valence-electron chi connectivity index (χ2n) is 7.67. The van der Waals surface area contributed by atoms with Crippen LogP contribution in [0.15, 0.2) is 60.0 Å². The van der Waals surface area contributed by atoms with E-state index in [2.05, 4.69) is 36.3 Å². The van der Waals surface area contributed by atoms with Crippen molar-refractivity contribution in [1.29, 1.82) is 0 Å². The fourth-order valence-corrected chi connectivity index (χ4v) is 3.83. The molecule has 0 fully saturated rings. The van der Waals surface area contributed by atoms with Crippen LogP contribution in [0.5, 0.6) is 5.75 Å². The highest BCUT2D eigenvalue weighted by atomic mass is 32.1. The minimum absolute atomic E-state index is 0.00388. The van der Waals surface area contributed by atoms with E-state index in [1.54, 1.807) is 0 Å². The zero-order chi connectivity index (χ0) is 20.6. The maximum absolute atomic E-state index is 12.6. The summed E-state index contributed by atoms with van der Waals surface area (Å²) in [6.07, 6.45) is 1.19. The smallest absolute Gasteiger partial charge is 0.226 e. The summed E-state index contributed by atoms with van der Waals surface area (Å²) >= 11 is 1.52. The number of hydrogen-bond acceptors (Lipinski definition) is 4. The molecule has 1 heterocycles. The summed E-state index contributed by atoms with van der Waals surface area (Å²) in [6.45, 7) is 6.80. The van der Waals surface area contributed by atoms with E-state index in [0.29, 0.717) is 12.5 Å². The predicted octanol–water partition coefficient (Wildman–Crippen LogP) is 5.48. The second kappa shape index (κ2) is 10.2. The second-order valence-corrected chi connectivity index (χ2v) is 8.61. The molecule has 4 nitrogen and oxygen atoms in total. The standard InChI is InChI=1S/C24H28N2O2S/c1-17(2)13-22(19-7-5-4-6-8-19)26-23(27)14-20-16-29-24(25-20)15-28-21-11-9-18(3)10-12-21/h4-12,16-17,22H,13-15H2,1-3H3,(H,26,27). The highest BCUT2D eigenvalue weighted by Gasteiger charge is 2.17. The first-order chi connectivity index (χ1) is 14.0. The monoisotopic (exact) mass is 408 g/mol. The first kappa shape index (κ1) is 21.1. The Morgan fingerprint density at radius 1 is 1.10 bits per heavy atom. The van der Waals surface area contributed by atoms with Crippen LogP contribution >= 0.6 is 11.3 Å². The van der Waals surface area contributed by atoms with Gasteiger partial charge in [0.1, 0.15) is 17.4 Å². The minimum atomic E-state index is -0.00388. The van der Waals surface area contributed by atoms with E-state index >= 15 is 0 Å². The molecule has 0 saturated heterocycles. The quantitative estimate of drug-likeness (QED) is 0.510. The first-order valence-corrected chi connectivity index (χ1v) is 10.8. The van der Waals surface area contributed by atoms with Gasteiger partial charge in [-0.15, -0.1) is 11.3 Å². The summed E-state index contributed by atoms with van der Waals surface area (Å²) < 4.78 is 5.78. The maximum atomic E-state index is 12.6. The van der Waals surface area contributed by atoms with Gasteiger partial charge >= 0.3 is 0 Å². The van der Waals surface area contributed by atoms with E-state index < -0.39 is 0 Å². The number of nitrogens with one attached hydrogen (secondary N) is 1. The van der Waals surface area contributed by atoms with Gasteiger partial charge < -0.3 is 10.1 Å². The molecule has 3 rings (SSSR count). The van der Waals surface area contributed by atoms with Gasteiger partial charge in [-0.05, 0) is 37.0 Å². The molecule has 152 valence electrons. The van der Waals surface area contributed by atoms with Crippen LogP contribution in [-0.4, -0.2) is 10.9 Å². The van der Waals surface area contributed by atoms with Crippen molar-refractivity contribution in [2.45, 2.75) is 46.3 Å². The Labute approximate surface area is 177 Å². The number of nitrogens with zero attached hydrogens (tertiary/aromatic N) is 1. The number of ether oxygens (including phenoxy) is 1. The number of rotatable bonds is 9. The lowest BCUT2D eigenvalue weighted by molar-refractivity contribution is -0.121. The van der Waals surface area contributed by atoms with Crippen molar-refractivity contribution in [3.63, 3.8) is 0 Å². The molecule has 29 heavy (non-hydrogen) atoms. The molecule has 1 aromatic heterocycles. The van der Waals surface area contributed by atoms with Crippen molar-refractivity contribution >= 4 is 17.2 Å². The summed E-state index contributed by atoms with van der Waals surface area (Å²) in [5.74, 6) is 1.31. The molecule has 3 aromatic rings. The SMILES string of the molecule is Cc1ccc(OCc2nc(CC(=O)NC(CC(C)C)c3ccccc3)cs2)cc1. The molecule has 0 aliphatic carbocycles. The normalized spacial score (nSPS) is 12.0. The van der Waals surface area contributed by atoms with Gasteiger partial charge in [0.2, 0.25) is 5.91 Å². The van der Waals surface area contributed by atoms with Gasteiger partial charge in [-0.1, -0.05) is 61.9 Å². The van der Waals surface area contributed by atoms with E-state index in [9.17, 15) is 4.79 Å². The van der Waals surface area contributed by atoms with E-state index in [1.165, 1.54) is 16.9 Å². The first-order valence-electron chi connectivity index (χ1n) is 9.96. The molecule has 1 amide bonds. The summed E-state index contributed by atoms with van der Waals surface area (Å²) in [5, 5.41) is 5.99. The number of carbonyl (C=O) groups is 1. The molecule has 2 aromatic carbocycles. The summed E-state index contributed by atoms with van der Waals surface area (Å²) in [7, 11) is 0. The van der Waals surface area contributed by atoms with Crippen molar-refractivity contribution in [1.82, 2.24) is 10.3 Å². The number of aromatic nitrogens is 1. The molecule has 1 N–H and O–H groups in total. The van der Waals surface area contributed by atoms with Gasteiger partial charge in [-0.3, -0.25) is 4.79 Å². The van der Waals surface area contributed by atoms with Gasteiger partial charge in [0.25, 0.3) is 0 Å². The van der Waals surface area contributed by atoms with Crippen LogP contribution in [-0.2, 0) is 17.8 Å². The van der Waals surface area contributed by atoms with E-state index in [0.717, 1.165) is 28.4 Å². The lowest BCUT2D eigenvalue weighted by Crippen LogP contribution is -2.30. The number of carbonyl (C=O) groups excluding carboxylic acids is 1. The van der Waals surface area contributed by atoms with Crippen LogP contribution in [0.1, 0.15) is 48.1 Å². The van der Waals surface area contributed by atoms with Crippen LogP contribution in [0, 0.1) is 12.8 Å². The molecule has 0 bridgehead atoms. The van der Waals surface area contributed by atoms with Crippen LogP contribution in [0.4, 0.5) is 0 Å². The number of benzene rings is 2. The van der Waals surface area contributed by atoms with Crippen molar-refractivity contribution in [3.05, 3.63) is 81.8 Å². The number of hydrogen-bond donors (Lipinski definition) is 1. The molecule has 5 heteroatoms. The van der Waals surface area contributed by atoms with Crippen molar-refractivity contribution < 1.29 is 9.53 Å². The van der Waals surface area contributed by atoms with Gasteiger partial charge in [0, 0.05) is 5.38 Å². The molecular weight excluding hydrogens is 380 g/mol. The van der Waals surface area contributed by atoms with Crippen molar-refractivity contribution in [3.8, 4) is 5.75 Å². The van der Waals surface area contributed by atoms with Gasteiger partial charge in [-0.25, -0.2) is 4.98 Å². The van der Waals surface area contributed by atoms with Gasteiger partial charge in [0.05, 0.1) is 18.2 Å². The highest BCUT2D eigenvalue weighted by Crippen LogP contribution is 2.22. The topological polar surface area (TPSA) is 51.2 Å². The third kappa shape index (κ3) is 6.71. The highest BCUT2D eigenvalue weighted by molar-refractivity contribution is 7.09. The Morgan fingerprint density at radius 3 is 2.52 bits per heavy atom. The Hall–Kier alpha value is -2.66. The molecule has 0 radical (unpaired) electrons. The van der Waals surface area contributed by atoms with Crippen LogP contribution in [0.25, 0.3) is 0 Å². The molecular formula is C24H28N2O2S. The summed E-state index contributed by atoms with van der Waals surface area (Å²) in [6, 6.07) is 18.1. The lowest BCUT2D eigenvalue weighted by Gasteiger charge is -2.21. The number of amides is 1. The Bertz CT molecular complexity index is 904. The largest absolute Gasteiger partial charge is 0.486 e. The van der Waals surface area contributed by atoms with E-state index in [4.69, 9.17) is 4.74 Å². The molecule has 0 aliphatic heterocycles. The molecule has 0 aliphatic rings. The van der Waals surface area contributed by atoms with E-state index in [-0.39, 0.29) is 18.4 Å². The third-order valence-corrected chi connectivity index (χ3v) is 5.44. The predicted molar refractivity (Wildman–Crippen MR) is 118 cm³/mol. The fraction of sp³-hybridized carbons (Fsp3) is 0.333. The lowest BCUT2D eigenvalue weighted by atomic mass is 9.97. The fourth-order valence-electron chi connectivity index (χ4n) is 3.12. The van der Waals surface area contributed by atoms with E-state index in [1.807, 2.05) is 54.8 Å². The van der Waals surface area contributed by atoms with Crippen LogP contribution in [0.3, 0.4) is 0 Å². The molecule has 0 saturated carbocycles. The van der Waals surface area contributed by atoms with Crippen molar-refractivity contribution in [2.24, 2.45) is 5.92 Å². The number of thiazole rings is 1. The Balaban J connectivity index is 1.55. The zero-order valence-electron chi connectivity index (χ0n) is 17.2.